The molecule has 0 aliphatic carbocycles. The van der Waals surface area contributed by atoms with Gasteiger partial charge in [-0.05, 0) is 69.5 Å². The molecule has 1 fully saturated rings. The van der Waals surface area contributed by atoms with Gasteiger partial charge in [0.2, 0.25) is 0 Å². The van der Waals surface area contributed by atoms with E-state index in [0.29, 0.717) is 31.0 Å². The van der Waals surface area contributed by atoms with Crippen molar-refractivity contribution in [2.75, 3.05) is 32.8 Å². The number of nitrogens with zero attached hydrogens (tertiary/aromatic N) is 1. The number of hydrogen-bond donors (Lipinski definition) is 1. The highest BCUT2D eigenvalue weighted by atomic mass is 35.5. The summed E-state index contributed by atoms with van der Waals surface area (Å²) in [7, 11) is 0. The van der Waals surface area contributed by atoms with Gasteiger partial charge in [0.25, 0.3) is 0 Å². The van der Waals surface area contributed by atoms with Crippen molar-refractivity contribution in [3.05, 3.63) is 34.3 Å². The summed E-state index contributed by atoms with van der Waals surface area (Å²) < 4.78 is 10.9. The van der Waals surface area contributed by atoms with E-state index in [1.54, 1.807) is 6.92 Å². The Morgan fingerprint density at radius 1 is 1.35 bits per heavy atom. The highest BCUT2D eigenvalue weighted by molar-refractivity contribution is 6.30. The summed E-state index contributed by atoms with van der Waals surface area (Å²) >= 11 is 6.12. The Balaban J connectivity index is 1.89. The first kappa shape index (κ1) is 21.2. The third kappa shape index (κ3) is 6.88. The van der Waals surface area contributed by atoms with Crippen molar-refractivity contribution in [3.63, 3.8) is 0 Å². The molecular formula is C20H30ClNO4. The third-order valence-corrected chi connectivity index (χ3v) is 4.89. The van der Waals surface area contributed by atoms with Crippen LogP contribution >= 0.6 is 11.6 Å². The van der Waals surface area contributed by atoms with Crippen molar-refractivity contribution < 1.29 is 19.4 Å². The van der Waals surface area contributed by atoms with E-state index in [-0.39, 0.29) is 18.7 Å². The molecule has 1 aromatic carbocycles. The van der Waals surface area contributed by atoms with E-state index in [9.17, 15) is 9.90 Å². The lowest BCUT2D eigenvalue weighted by Gasteiger charge is -2.22. The lowest BCUT2D eigenvalue weighted by atomic mass is 9.99. The van der Waals surface area contributed by atoms with Gasteiger partial charge in [-0.2, -0.15) is 0 Å². The van der Waals surface area contributed by atoms with E-state index in [2.05, 4.69) is 4.90 Å². The molecule has 146 valence electrons. The normalized spacial score (nSPS) is 17.2. The van der Waals surface area contributed by atoms with Crippen molar-refractivity contribution >= 4 is 17.6 Å². The SMILES string of the molecule is CCOC(=O)CCc1cc(Cl)ccc1C(C)OCC(O)CN1CCCC1. The molecule has 26 heavy (non-hydrogen) atoms. The molecule has 0 radical (unpaired) electrons. The second-order valence-electron chi connectivity index (χ2n) is 6.79. The largest absolute Gasteiger partial charge is 0.466 e. The Hall–Kier alpha value is -1.14. The van der Waals surface area contributed by atoms with E-state index in [1.165, 1.54) is 12.8 Å². The van der Waals surface area contributed by atoms with E-state index in [1.807, 2.05) is 25.1 Å². The number of halogens is 1. The van der Waals surface area contributed by atoms with Gasteiger partial charge in [0.05, 0.1) is 25.4 Å². The summed E-state index contributed by atoms with van der Waals surface area (Å²) in [6.45, 7) is 7.20. The van der Waals surface area contributed by atoms with Crippen LogP contribution in [0.1, 0.15) is 50.3 Å². The summed E-state index contributed by atoms with van der Waals surface area (Å²) in [5.74, 6) is -0.215. The van der Waals surface area contributed by atoms with Gasteiger partial charge in [0.1, 0.15) is 0 Å². The van der Waals surface area contributed by atoms with Gasteiger partial charge >= 0.3 is 5.97 Å². The molecule has 0 amide bonds. The molecule has 1 aromatic rings. The van der Waals surface area contributed by atoms with Crippen LogP contribution in [0, 0.1) is 0 Å². The van der Waals surface area contributed by atoms with Crippen LogP contribution in [0.3, 0.4) is 0 Å². The molecule has 1 N–H and O–H groups in total. The standard InChI is InChI=1S/C20H30ClNO4/c1-3-25-20(24)9-6-16-12-17(21)7-8-19(16)15(2)26-14-18(23)13-22-10-4-5-11-22/h7-8,12,15,18,23H,3-6,9-11,13-14H2,1-2H3. The molecule has 1 heterocycles. The molecule has 0 bridgehead atoms. The Bertz CT molecular complexity index is 575. The summed E-state index contributed by atoms with van der Waals surface area (Å²) in [5.41, 5.74) is 1.97. The van der Waals surface area contributed by atoms with Crippen LogP contribution in [0.5, 0.6) is 0 Å². The number of aliphatic hydroxyl groups is 1. The number of ether oxygens (including phenoxy) is 2. The van der Waals surface area contributed by atoms with E-state index in [0.717, 1.165) is 24.2 Å². The van der Waals surface area contributed by atoms with Crippen molar-refractivity contribution in [3.8, 4) is 0 Å². The monoisotopic (exact) mass is 383 g/mol. The molecular weight excluding hydrogens is 354 g/mol. The molecule has 1 aliphatic rings. The number of β-amino-alcohol motifs (C(OH)–C–C–N with tert-alkyl or cyclic N) is 1. The van der Waals surface area contributed by atoms with Crippen LogP contribution in [-0.4, -0.2) is 54.9 Å². The van der Waals surface area contributed by atoms with Crippen molar-refractivity contribution in [2.45, 2.75) is 51.7 Å². The average molecular weight is 384 g/mol. The Kier molecular flexibility index (Phi) is 8.85. The number of hydrogen-bond acceptors (Lipinski definition) is 5. The second-order valence-corrected chi connectivity index (χ2v) is 7.22. The zero-order valence-electron chi connectivity index (χ0n) is 15.7. The molecule has 2 rings (SSSR count). The van der Waals surface area contributed by atoms with Crippen LogP contribution in [0.15, 0.2) is 18.2 Å². The zero-order valence-corrected chi connectivity index (χ0v) is 16.5. The van der Waals surface area contributed by atoms with Gasteiger partial charge in [-0.25, -0.2) is 0 Å². The summed E-state index contributed by atoms with van der Waals surface area (Å²) in [5, 5.41) is 10.8. The van der Waals surface area contributed by atoms with Crippen molar-refractivity contribution in [2.24, 2.45) is 0 Å². The van der Waals surface area contributed by atoms with Gasteiger partial charge in [-0.15, -0.1) is 0 Å². The van der Waals surface area contributed by atoms with Gasteiger partial charge in [-0.1, -0.05) is 17.7 Å². The fourth-order valence-electron chi connectivity index (χ4n) is 3.32. The molecule has 1 aliphatic heterocycles. The topological polar surface area (TPSA) is 59.0 Å². The molecule has 6 heteroatoms. The highest BCUT2D eigenvalue weighted by Crippen LogP contribution is 2.26. The Morgan fingerprint density at radius 3 is 2.77 bits per heavy atom. The number of esters is 1. The Morgan fingerprint density at radius 2 is 2.08 bits per heavy atom. The van der Waals surface area contributed by atoms with Gasteiger partial charge in [0, 0.05) is 18.0 Å². The number of aryl methyl sites for hydroxylation is 1. The first-order valence-electron chi connectivity index (χ1n) is 9.45. The highest BCUT2D eigenvalue weighted by Gasteiger charge is 2.18. The van der Waals surface area contributed by atoms with Crippen LogP contribution in [0.2, 0.25) is 5.02 Å². The number of benzene rings is 1. The number of aliphatic hydroxyl groups excluding tert-OH is 1. The van der Waals surface area contributed by atoms with E-state index < -0.39 is 6.10 Å². The molecule has 0 saturated carbocycles. The third-order valence-electron chi connectivity index (χ3n) is 4.65. The smallest absolute Gasteiger partial charge is 0.306 e. The minimum absolute atomic E-state index is 0.183. The minimum atomic E-state index is -0.495. The number of carbonyl (C=O) groups excluding carboxylic acids is 1. The van der Waals surface area contributed by atoms with E-state index >= 15 is 0 Å². The molecule has 0 spiro atoms. The Labute approximate surface area is 161 Å². The molecule has 2 unspecified atom stereocenters. The number of likely N-dealkylation sites (tertiary alicyclic amines) is 1. The fourth-order valence-corrected chi connectivity index (χ4v) is 3.51. The van der Waals surface area contributed by atoms with E-state index in [4.69, 9.17) is 21.1 Å². The quantitative estimate of drug-likeness (QED) is 0.628. The van der Waals surface area contributed by atoms with Crippen LogP contribution in [-0.2, 0) is 20.7 Å². The second kappa shape index (κ2) is 10.9. The summed E-state index contributed by atoms with van der Waals surface area (Å²) in [6.07, 6.45) is 2.60. The minimum Gasteiger partial charge on any atom is -0.466 e. The maximum atomic E-state index is 11.6. The zero-order chi connectivity index (χ0) is 18.9. The molecule has 0 aromatic heterocycles. The molecule has 2 atom stereocenters. The lowest BCUT2D eigenvalue weighted by molar-refractivity contribution is -0.143. The average Bonchev–Trinajstić information content (AvgIpc) is 3.11. The molecule has 5 nitrogen and oxygen atoms in total. The van der Waals surface area contributed by atoms with Gasteiger partial charge in [0.15, 0.2) is 0 Å². The maximum Gasteiger partial charge on any atom is 0.306 e. The van der Waals surface area contributed by atoms with Gasteiger partial charge < -0.3 is 19.5 Å². The summed E-state index contributed by atoms with van der Waals surface area (Å²) in [4.78, 5) is 13.9. The van der Waals surface area contributed by atoms with Crippen LogP contribution in [0.4, 0.5) is 0 Å². The first-order valence-corrected chi connectivity index (χ1v) is 9.83. The van der Waals surface area contributed by atoms with Crippen LogP contribution in [0.25, 0.3) is 0 Å². The number of rotatable bonds is 10. The predicted molar refractivity (Wildman–Crippen MR) is 102 cm³/mol. The van der Waals surface area contributed by atoms with Gasteiger partial charge in [-0.3, -0.25) is 4.79 Å². The van der Waals surface area contributed by atoms with Crippen molar-refractivity contribution in [1.29, 1.82) is 0 Å². The fraction of sp³-hybridized carbons (Fsp3) is 0.650. The lowest BCUT2D eigenvalue weighted by Crippen LogP contribution is -2.33. The predicted octanol–water partition coefficient (Wildman–Crippen LogP) is 3.37. The number of carbonyl (C=O) groups is 1. The maximum absolute atomic E-state index is 11.6. The molecule has 1 saturated heterocycles. The summed E-state index contributed by atoms with van der Waals surface area (Å²) in [6, 6.07) is 5.63. The van der Waals surface area contributed by atoms with Crippen molar-refractivity contribution in [1.82, 2.24) is 4.90 Å². The first-order chi connectivity index (χ1) is 12.5. The van der Waals surface area contributed by atoms with Crippen LogP contribution < -0.4 is 0 Å².